The first-order valence-corrected chi connectivity index (χ1v) is 8.46. The van der Waals surface area contributed by atoms with Gasteiger partial charge >= 0.3 is 5.97 Å². The Kier molecular flexibility index (Phi) is 5.40. The van der Waals surface area contributed by atoms with E-state index in [1.807, 2.05) is 24.3 Å². The summed E-state index contributed by atoms with van der Waals surface area (Å²) in [6.45, 7) is -0.0187. The maximum absolute atomic E-state index is 12.1. The van der Waals surface area contributed by atoms with Gasteiger partial charge < -0.3 is 14.0 Å². The molecular formula is C18H13BrClNO4. The molecule has 0 aliphatic carbocycles. The van der Waals surface area contributed by atoms with Gasteiger partial charge in [-0.3, -0.25) is 0 Å². The Balaban J connectivity index is 1.69. The Morgan fingerprint density at radius 1 is 1.24 bits per heavy atom. The first kappa shape index (κ1) is 17.5. The third-order valence-electron chi connectivity index (χ3n) is 3.41. The molecule has 0 saturated carbocycles. The van der Waals surface area contributed by atoms with Crippen molar-refractivity contribution in [1.29, 1.82) is 0 Å². The Hall–Kier alpha value is -2.31. The molecule has 0 fully saturated rings. The van der Waals surface area contributed by atoms with Gasteiger partial charge in [0.1, 0.15) is 18.1 Å². The zero-order valence-electron chi connectivity index (χ0n) is 13.2. The topological polar surface area (TPSA) is 61.6 Å². The van der Waals surface area contributed by atoms with Crippen molar-refractivity contribution < 1.29 is 18.8 Å². The summed E-state index contributed by atoms with van der Waals surface area (Å²) in [5.74, 6) is 0.744. The number of nitrogens with zero attached hydrogens (tertiary/aromatic N) is 1. The number of hydrogen-bond donors (Lipinski definition) is 0. The summed E-state index contributed by atoms with van der Waals surface area (Å²) in [6, 6.07) is 14.1. The molecule has 0 aliphatic rings. The van der Waals surface area contributed by atoms with Crippen molar-refractivity contribution in [3.05, 3.63) is 69.3 Å². The molecule has 5 nitrogen and oxygen atoms in total. The number of hydrogen-bond acceptors (Lipinski definition) is 5. The summed E-state index contributed by atoms with van der Waals surface area (Å²) >= 11 is 9.32. The predicted octanol–water partition coefficient (Wildman–Crippen LogP) is 5.12. The molecule has 3 rings (SSSR count). The summed E-state index contributed by atoms with van der Waals surface area (Å²) in [5.41, 5.74) is 1.60. The molecule has 25 heavy (non-hydrogen) atoms. The standard InChI is InChI=1S/C18H13BrClNO4/c1-23-14-4-2-3-11(7-14)17-9-13(21-25-17)10-24-18(22)15-8-12(19)5-6-16(15)20/h2-9H,10H2,1H3. The lowest BCUT2D eigenvalue weighted by atomic mass is 10.1. The van der Waals surface area contributed by atoms with Gasteiger partial charge in [0, 0.05) is 16.1 Å². The van der Waals surface area contributed by atoms with E-state index in [-0.39, 0.29) is 12.2 Å². The smallest absolute Gasteiger partial charge is 0.340 e. The Labute approximate surface area is 157 Å². The number of benzene rings is 2. The molecule has 0 spiro atoms. The van der Waals surface area contributed by atoms with Gasteiger partial charge in [0.25, 0.3) is 0 Å². The van der Waals surface area contributed by atoms with E-state index in [1.54, 1.807) is 31.4 Å². The Morgan fingerprint density at radius 2 is 2.08 bits per heavy atom. The van der Waals surface area contributed by atoms with Crippen LogP contribution in [-0.4, -0.2) is 18.2 Å². The highest BCUT2D eigenvalue weighted by Gasteiger charge is 2.14. The van der Waals surface area contributed by atoms with Crippen molar-refractivity contribution in [1.82, 2.24) is 5.16 Å². The number of ether oxygens (including phenoxy) is 2. The maximum Gasteiger partial charge on any atom is 0.340 e. The fraction of sp³-hybridized carbons (Fsp3) is 0.111. The molecule has 0 aliphatic heterocycles. The van der Waals surface area contributed by atoms with Crippen LogP contribution in [0.5, 0.6) is 5.75 Å². The van der Waals surface area contributed by atoms with Crippen LogP contribution < -0.4 is 4.74 Å². The minimum atomic E-state index is -0.530. The summed E-state index contributed by atoms with van der Waals surface area (Å²) in [5, 5.41) is 4.24. The van der Waals surface area contributed by atoms with Gasteiger partial charge in [-0.25, -0.2) is 4.79 Å². The fourth-order valence-electron chi connectivity index (χ4n) is 2.16. The Bertz CT molecular complexity index is 910. The molecule has 0 atom stereocenters. The fourth-order valence-corrected chi connectivity index (χ4v) is 2.72. The molecule has 0 N–H and O–H groups in total. The number of methoxy groups -OCH3 is 1. The van der Waals surface area contributed by atoms with E-state index in [2.05, 4.69) is 21.1 Å². The highest BCUT2D eigenvalue weighted by Crippen LogP contribution is 2.25. The highest BCUT2D eigenvalue weighted by atomic mass is 79.9. The van der Waals surface area contributed by atoms with Crippen molar-refractivity contribution in [2.24, 2.45) is 0 Å². The number of rotatable bonds is 5. The minimum absolute atomic E-state index is 0.0187. The quantitative estimate of drug-likeness (QED) is 0.534. The lowest BCUT2D eigenvalue weighted by Crippen LogP contribution is -2.06. The molecular weight excluding hydrogens is 410 g/mol. The van der Waals surface area contributed by atoms with Gasteiger partial charge in [-0.1, -0.05) is 44.8 Å². The second-order valence-corrected chi connectivity index (χ2v) is 6.44. The molecule has 0 unspecified atom stereocenters. The third-order valence-corrected chi connectivity index (χ3v) is 4.24. The average molecular weight is 423 g/mol. The van der Waals surface area contributed by atoms with Crippen LogP contribution >= 0.6 is 27.5 Å². The third kappa shape index (κ3) is 4.21. The van der Waals surface area contributed by atoms with Crippen LogP contribution in [0.15, 0.2) is 57.5 Å². The van der Waals surface area contributed by atoms with Crippen molar-refractivity contribution in [2.75, 3.05) is 7.11 Å². The van der Waals surface area contributed by atoms with E-state index < -0.39 is 5.97 Å². The molecule has 0 amide bonds. The zero-order chi connectivity index (χ0) is 17.8. The van der Waals surface area contributed by atoms with Crippen LogP contribution in [-0.2, 0) is 11.3 Å². The van der Waals surface area contributed by atoms with Gasteiger partial charge in [0.05, 0.1) is 17.7 Å². The number of halogens is 2. The zero-order valence-corrected chi connectivity index (χ0v) is 15.5. The van der Waals surface area contributed by atoms with Crippen molar-refractivity contribution >= 4 is 33.5 Å². The number of esters is 1. The monoisotopic (exact) mass is 421 g/mol. The van der Waals surface area contributed by atoms with Crippen molar-refractivity contribution in [3.63, 3.8) is 0 Å². The molecule has 1 aromatic heterocycles. The number of aromatic nitrogens is 1. The SMILES string of the molecule is COc1cccc(-c2cc(COC(=O)c3cc(Br)ccc3Cl)no2)c1. The number of carbonyl (C=O) groups is 1. The first-order chi connectivity index (χ1) is 12.1. The molecule has 0 radical (unpaired) electrons. The van der Waals surface area contributed by atoms with Gasteiger partial charge in [0.15, 0.2) is 5.76 Å². The van der Waals surface area contributed by atoms with Crippen LogP contribution in [0.4, 0.5) is 0 Å². The van der Waals surface area contributed by atoms with Crippen LogP contribution in [0.2, 0.25) is 5.02 Å². The van der Waals surface area contributed by atoms with E-state index in [0.29, 0.717) is 22.2 Å². The molecule has 0 bridgehead atoms. The molecule has 0 saturated heterocycles. The van der Waals surface area contributed by atoms with E-state index >= 15 is 0 Å². The second-order valence-electron chi connectivity index (χ2n) is 5.11. The molecule has 128 valence electrons. The molecule has 3 aromatic rings. The predicted molar refractivity (Wildman–Crippen MR) is 96.8 cm³/mol. The van der Waals surface area contributed by atoms with Gasteiger partial charge in [-0.2, -0.15) is 0 Å². The van der Waals surface area contributed by atoms with Crippen LogP contribution in [0.3, 0.4) is 0 Å². The summed E-state index contributed by atoms with van der Waals surface area (Å²) in [4.78, 5) is 12.1. The summed E-state index contributed by atoms with van der Waals surface area (Å²) in [6.07, 6.45) is 0. The first-order valence-electron chi connectivity index (χ1n) is 7.29. The molecule has 7 heteroatoms. The van der Waals surface area contributed by atoms with Gasteiger partial charge in [0.2, 0.25) is 0 Å². The van der Waals surface area contributed by atoms with Crippen LogP contribution in [0, 0.1) is 0 Å². The summed E-state index contributed by atoms with van der Waals surface area (Å²) < 4.78 is 16.5. The van der Waals surface area contributed by atoms with Crippen LogP contribution in [0.1, 0.15) is 16.1 Å². The van der Waals surface area contributed by atoms with E-state index in [4.69, 9.17) is 25.6 Å². The second kappa shape index (κ2) is 7.72. The lowest BCUT2D eigenvalue weighted by molar-refractivity contribution is 0.0464. The van der Waals surface area contributed by atoms with Crippen LogP contribution in [0.25, 0.3) is 11.3 Å². The average Bonchev–Trinajstić information content (AvgIpc) is 3.11. The van der Waals surface area contributed by atoms with Crippen molar-refractivity contribution in [2.45, 2.75) is 6.61 Å². The largest absolute Gasteiger partial charge is 0.497 e. The normalized spacial score (nSPS) is 10.5. The van der Waals surface area contributed by atoms with Crippen molar-refractivity contribution in [3.8, 4) is 17.1 Å². The minimum Gasteiger partial charge on any atom is -0.497 e. The lowest BCUT2D eigenvalue weighted by Gasteiger charge is -2.05. The van der Waals surface area contributed by atoms with E-state index in [0.717, 1.165) is 10.0 Å². The summed E-state index contributed by atoms with van der Waals surface area (Å²) in [7, 11) is 1.59. The van der Waals surface area contributed by atoms with Gasteiger partial charge in [-0.15, -0.1) is 0 Å². The number of carbonyl (C=O) groups excluding carboxylic acids is 1. The van der Waals surface area contributed by atoms with E-state index in [9.17, 15) is 4.79 Å². The highest BCUT2D eigenvalue weighted by molar-refractivity contribution is 9.10. The maximum atomic E-state index is 12.1. The van der Waals surface area contributed by atoms with E-state index in [1.165, 1.54) is 0 Å². The molecule has 2 aromatic carbocycles. The van der Waals surface area contributed by atoms with Gasteiger partial charge in [-0.05, 0) is 30.3 Å². The molecule has 1 heterocycles. The Morgan fingerprint density at radius 3 is 2.88 bits per heavy atom.